The largest absolute Gasteiger partial charge is 0.380 e. The van der Waals surface area contributed by atoms with Gasteiger partial charge in [-0.3, -0.25) is 23.0 Å². The summed E-state index contributed by atoms with van der Waals surface area (Å²) in [7, 11) is -10.2. The van der Waals surface area contributed by atoms with Gasteiger partial charge in [-0.25, -0.2) is 0 Å². The second-order valence-corrected chi connectivity index (χ2v) is 14.9. The van der Waals surface area contributed by atoms with Crippen molar-refractivity contribution >= 4 is 27.8 Å². The predicted molar refractivity (Wildman–Crippen MR) is 154 cm³/mol. The summed E-state index contributed by atoms with van der Waals surface area (Å²) in [5, 5.41) is -2.78. The van der Waals surface area contributed by atoms with E-state index < -0.39 is 45.2 Å². The summed E-state index contributed by atoms with van der Waals surface area (Å²) in [4.78, 5) is 43.3. The van der Waals surface area contributed by atoms with Crippen LogP contribution in [0.3, 0.4) is 0 Å². The minimum atomic E-state index is -5.36. The van der Waals surface area contributed by atoms with Crippen molar-refractivity contribution in [3.8, 4) is 0 Å². The van der Waals surface area contributed by atoms with Crippen LogP contribution in [0.2, 0.25) is 0 Å². The molecule has 0 amide bonds. The molecule has 4 unspecified atom stereocenters. The van der Waals surface area contributed by atoms with E-state index in [9.17, 15) is 28.5 Å². The van der Waals surface area contributed by atoms with Crippen molar-refractivity contribution in [2.45, 2.75) is 147 Å². The third-order valence-corrected chi connectivity index (χ3v) is 12.1. The summed E-state index contributed by atoms with van der Waals surface area (Å²) < 4.78 is 48.6. The lowest BCUT2D eigenvalue weighted by molar-refractivity contribution is -0.176. The molecule has 1 heterocycles. The molecule has 0 aromatic rings. The third kappa shape index (κ3) is 11.7. The number of carbonyl (C=O) groups is 2. The van der Waals surface area contributed by atoms with Gasteiger partial charge in [0.05, 0.1) is 6.42 Å². The van der Waals surface area contributed by atoms with Crippen LogP contribution in [-0.4, -0.2) is 52.7 Å². The Kier molecular flexibility index (Phi) is 18.5. The number of rotatable bonds is 26. The smallest absolute Gasteiger partial charge is 0.352 e. The number of hydrogen-bond acceptors (Lipinski definition) is 9. The van der Waals surface area contributed by atoms with Crippen LogP contribution in [-0.2, 0) is 37.2 Å². The lowest BCUT2D eigenvalue weighted by atomic mass is 10.0. The summed E-state index contributed by atoms with van der Waals surface area (Å²) in [6.45, 7) is 4.22. The molecule has 4 atom stereocenters. The van der Waals surface area contributed by atoms with Crippen LogP contribution in [0.1, 0.15) is 129 Å². The summed E-state index contributed by atoms with van der Waals surface area (Å²) >= 11 is 0. The third-order valence-electron chi connectivity index (χ3n) is 7.14. The van der Waals surface area contributed by atoms with Crippen LogP contribution < -0.4 is 5.73 Å². The topological polar surface area (TPSA) is 172 Å². The van der Waals surface area contributed by atoms with Crippen molar-refractivity contribution in [3.63, 3.8) is 0 Å². The van der Waals surface area contributed by atoms with Crippen LogP contribution in [0.25, 0.3) is 0 Å². The fourth-order valence-corrected chi connectivity index (χ4v) is 9.19. The van der Waals surface area contributed by atoms with Gasteiger partial charge in [0.15, 0.2) is 12.6 Å². The van der Waals surface area contributed by atoms with Crippen molar-refractivity contribution < 1.29 is 47.0 Å². The maximum Gasteiger partial charge on any atom is 0.380 e. The van der Waals surface area contributed by atoms with Crippen molar-refractivity contribution in [3.05, 3.63) is 0 Å². The summed E-state index contributed by atoms with van der Waals surface area (Å²) in [6.07, 6.45) is 15.2. The number of unbranched alkanes of at least 4 members (excludes halogenated alkanes) is 13. The highest BCUT2D eigenvalue weighted by Crippen LogP contribution is 2.82. The molecule has 1 aliphatic heterocycles. The molecule has 0 aliphatic carbocycles. The first-order valence-corrected chi connectivity index (χ1v) is 18.2. The van der Waals surface area contributed by atoms with Gasteiger partial charge >= 0.3 is 15.2 Å². The molecule has 1 rings (SSSR count). The Balaban J connectivity index is 2.54. The molecule has 1 saturated heterocycles. The first kappa shape index (κ1) is 37.5. The average Bonchev–Trinajstić information content (AvgIpc) is 3.17. The van der Waals surface area contributed by atoms with Gasteiger partial charge in [0.2, 0.25) is 5.79 Å². The van der Waals surface area contributed by atoms with Crippen LogP contribution in [0.4, 0.5) is 0 Å². The Morgan fingerprint density at radius 3 is 1.85 bits per heavy atom. The maximum atomic E-state index is 13.9. The SMILES string of the molecule is CCCCCCCCCCCCCCCCOC(CC)OP1(=O)OC(C=O)(CC=O)OC1(CCCN)P(=O)(O)O. The second-order valence-electron chi connectivity index (χ2n) is 10.6. The second kappa shape index (κ2) is 19.7. The Morgan fingerprint density at radius 2 is 1.43 bits per heavy atom. The number of carbonyl (C=O) groups excluding carboxylic acids is 2. The Morgan fingerprint density at radius 1 is 0.900 bits per heavy atom. The molecule has 0 aromatic carbocycles. The molecule has 0 saturated carbocycles. The van der Waals surface area contributed by atoms with Gasteiger partial charge in [-0.15, -0.1) is 0 Å². The number of hydrogen-bond donors (Lipinski definition) is 3. The normalized spacial score (nSPS) is 25.7. The van der Waals surface area contributed by atoms with E-state index in [1.54, 1.807) is 6.92 Å². The number of ether oxygens (including phenoxy) is 2. The molecule has 40 heavy (non-hydrogen) atoms. The minimum absolute atomic E-state index is 0.000287. The quantitative estimate of drug-likeness (QED) is 0.0419. The van der Waals surface area contributed by atoms with E-state index in [1.807, 2.05) is 0 Å². The molecular weight excluding hydrogens is 560 g/mol. The molecule has 13 heteroatoms. The van der Waals surface area contributed by atoms with Crippen molar-refractivity contribution in [1.82, 2.24) is 0 Å². The molecular formula is C27H53NO10P2. The van der Waals surface area contributed by atoms with E-state index in [-0.39, 0.29) is 38.6 Å². The average molecular weight is 614 g/mol. The van der Waals surface area contributed by atoms with Crippen LogP contribution in [0.5, 0.6) is 0 Å². The molecule has 0 aromatic heterocycles. The van der Waals surface area contributed by atoms with Gasteiger partial charge in [-0.05, 0) is 25.8 Å². The highest BCUT2D eigenvalue weighted by Gasteiger charge is 2.74. The molecule has 4 N–H and O–H groups in total. The van der Waals surface area contributed by atoms with E-state index >= 15 is 0 Å². The molecule has 1 fully saturated rings. The number of aldehydes is 2. The molecule has 0 radical (unpaired) electrons. The fourth-order valence-electron chi connectivity index (χ4n) is 4.79. The van der Waals surface area contributed by atoms with E-state index in [0.29, 0.717) is 0 Å². The van der Waals surface area contributed by atoms with Crippen LogP contribution in [0.15, 0.2) is 0 Å². The van der Waals surface area contributed by atoms with Crippen LogP contribution >= 0.6 is 15.2 Å². The van der Waals surface area contributed by atoms with E-state index in [2.05, 4.69) is 6.92 Å². The van der Waals surface area contributed by atoms with Gasteiger partial charge in [-0.2, -0.15) is 0 Å². The Hall–Kier alpha value is -0.480. The lowest BCUT2D eigenvalue weighted by Crippen LogP contribution is -2.38. The minimum Gasteiger partial charge on any atom is -0.352 e. The zero-order chi connectivity index (χ0) is 30.0. The van der Waals surface area contributed by atoms with Gasteiger partial charge in [0.1, 0.15) is 6.29 Å². The van der Waals surface area contributed by atoms with Crippen molar-refractivity contribution in [2.75, 3.05) is 13.2 Å². The van der Waals surface area contributed by atoms with E-state index in [4.69, 9.17) is 24.3 Å². The Labute approximate surface area is 240 Å². The zero-order valence-electron chi connectivity index (χ0n) is 24.5. The monoisotopic (exact) mass is 613 g/mol. The summed E-state index contributed by atoms with van der Waals surface area (Å²) in [5.41, 5.74) is 5.52. The van der Waals surface area contributed by atoms with Gasteiger partial charge in [0, 0.05) is 13.0 Å². The fraction of sp³-hybridized carbons (Fsp3) is 0.926. The van der Waals surface area contributed by atoms with E-state index in [0.717, 1.165) is 25.7 Å². The van der Waals surface area contributed by atoms with Gasteiger partial charge in [-0.1, -0.05) is 97.3 Å². The highest BCUT2D eigenvalue weighted by molar-refractivity contribution is 7.73. The molecule has 0 spiro atoms. The first-order chi connectivity index (χ1) is 19.1. The van der Waals surface area contributed by atoms with Crippen molar-refractivity contribution in [1.29, 1.82) is 0 Å². The van der Waals surface area contributed by atoms with Crippen LogP contribution in [0, 0.1) is 0 Å². The van der Waals surface area contributed by atoms with Crippen molar-refractivity contribution in [2.24, 2.45) is 5.73 Å². The Bertz CT molecular complexity index is 810. The van der Waals surface area contributed by atoms with E-state index in [1.165, 1.54) is 64.2 Å². The summed E-state index contributed by atoms with van der Waals surface area (Å²) in [5.74, 6) is -2.44. The predicted octanol–water partition coefficient (Wildman–Crippen LogP) is 6.53. The molecule has 0 bridgehead atoms. The highest BCUT2D eigenvalue weighted by atomic mass is 31.2. The maximum absolute atomic E-state index is 13.9. The van der Waals surface area contributed by atoms with Gasteiger partial charge < -0.3 is 29.8 Å². The number of nitrogens with two attached hydrogens (primary N) is 1. The summed E-state index contributed by atoms with van der Waals surface area (Å²) in [6, 6.07) is 0. The van der Waals surface area contributed by atoms with Gasteiger partial charge in [0.25, 0.3) is 5.08 Å². The molecule has 236 valence electrons. The molecule has 1 aliphatic rings. The first-order valence-electron chi connectivity index (χ1n) is 15.1. The molecule has 11 nitrogen and oxygen atoms in total. The standard InChI is InChI=1S/C27H53NO10P2/c1-3-5-6-7-8-9-10-11-12-13-14-15-16-17-23-35-25(4-2)36-40(34)27(19-18-21-28,39(31,32)33)37-26(24-30,38-40)20-22-29/h22,24-25H,3-21,23,28H2,1-2H3,(H2,31,32,33). The zero-order valence-corrected chi connectivity index (χ0v) is 26.3. The lowest BCUT2D eigenvalue weighted by Gasteiger charge is -2.33.